The van der Waals surface area contributed by atoms with Crippen LogP contribution in [0.3, 0.4) is 0 Å². The number of rotatable bonds is 15. The third kappa shape index (κ3) is 10.7. The highest BCUT2D eigenvalue weighted by Gasteiger charge is 2.31. The minimum absolute atomic E-state index is 0.430. The van der Waals surface area contributed by atoms with Crippen LogP contribution in [-0.4, -0.2) is 31.6 Å². The van der Waals surface area contributed by atoms with Crippen molar-refractivity contribution in [1.29, 1.82) is 0 Å². The van der Waals surface area contributed by atoms with Crippen LogP contribution in [0.15, 0.2) is 0 Å². The fourth-order valence-corrected chi connectivity index (χ4v) is 2.55. The molecule has 0 radical (unpaired) electrons. The smallest absolute Gasteiger partial charge is 0.285 e. The fraction of sp³-hybridized carbons (Fsp3) is 1.00. The summed E-state index contributed by atoms with van der Waals surface area (Å²) in [6, 6.07) is 0. The standard InChI is InChI=1S/C16H35O5P/c1-6-9-12-18-15(4)22(17)21-16(5,19-13-10-7-2)20-14-11-8-3/h15,22H,6-14H2,1-5H3. The summed E-state index contributed by atoms with van der Waals surface area (Å²) < 4.78 is 34.8. The summed E-state index contributed by atoms with van der Waals surface area (Å²) in [5.74, 6) is -1.68. The van der Waals surface area contributed by atoms with Gasteiger partial charge in [-0.05, 0) is 26.2 Å². The van der Waals surface area contributed by atoms with E-state index in [9.17, 15) is 4.57 Å². The maximum atomic E-state index is 12.3. The van der Waals surface area contributed by atoms with Crippen LogP contribution < -0.4 is 0 Å². The zero-order valence-corrected chi connectivity index (χ0v) is 16.0. The molecule has 22 heavy (non-hydrogen) atoms. The topological polar surface area (TPSA) is 54.0 Å². The summed E-state index contributed by atoms with van der Waals surface area (Å²) >= 11 is 0. The molecule has 0 saturated carbocycles. The number of unbranched alkanes of at least 4 members (excludes halogenated alkanes) is 3. The molecule has 0 bridgehead atoms. The van der Waals surface area contributed by atoms with Crippen LogP contribution in [0.4, 0.5) is 0 Å². The Balaban J connectivity index is 4.41. The summed E-state index contributed by atoms with van der Waals surface area (Å²) in [6.45, 7) is 11.4. The largest absolute Gasteiger partial charge is 0.369 e. The van der Waals surface area contributed by atoms with Gasteiger partial charge >= 0.3 is 0 Å². The minimum Gasteiger partial charge on any atom is -0.369 e. The lowest BCUT2D eigenvalue weighted by Gasteiger charge is -2.30. The molecule has 0 aromatic heterocycles. The second-order valence-corrected chi connectivity index (χ2v) is 7.21. The highest BCUT2D eigenvalue weighted by atomic mass is 31.1. The molecular formula is C16H35O5P. The average Bonchev–Trinajstić information content (AvgIpc) is 2.48. The Morgan fingerprint density at radius 2 is 1.36 bits per heavy atom. The van der Waals surface area contributed by atoms with Gasteiger partial charge in [0.25, 0.3) is 5.97 Å². The van der Waals surface area contributed by atoms with E-state index in [1.54, 1.807) is 13.8 Å². The van der Waals surface area contributed by atoms with Crippen molar-refractivity contribution in [2.45, 2.75) is 85.0 Å². The molecule has 0 saturated heterocycles. The van der Waals surface area contributed by atoms with Gasteiger partial charge in [-0.1, -0.05) is 40.0 Å². The molecule has 0 aromatic carbocycles. The quantitative estimate of drug-likeness (QED) is 0.240. The maximum absolute atomic E-state index is 12.3. The van der Waals surface area contributed by atoms with Gasteiger partial charge in [0.2, 0.25) is 8.03 Å². The molecule has 0 aliphatic heterocycles. The molecule has 0 heterocycles. The first-order valence-corrected chi connectivity index (χ1v) is 10.0. The monoisotopic (exact) mass is 338 g/mol. The Kier molecular flexibility index (Phi) is 13.5. The third-order valence-electron chi connectivity index (χ3n) is 3.21. The molecule has 2 unspecified atom stereocenters. The van der Waals surface area contributed by atoms with Gasteiger partial charge in [0.1, 0.15) is 5.85 Å². The first-order valence-electron chi connectivity index (χ1n) is 8.61. The normalized spacial score (nSPS) is 15.0. The summed E-state index contributed by atoms with van der Waals surface area (Å²) in [6.07, 6.45) is 5.88. The predicted octanol–water partition coefficient (Wildman–Crippen LogP) is 4.95. The molecular weight excluding hydrogens is 303 g/mol. The lowest BCUT2D eigenvalue weighted by atomic mass is 10.3. The van der Waals surface area contributed by atoms with Crippen molar-refractivity contribution < 1.29 is 23.3 Å². The molecule has 6 heteroatoms. The Labute approximate surface area is 136 Å². The van der Waals surface area contributed by atoms with Crippen LogP contribution in [0.5, 0.6) is 0 Å². The van der Waals surface area contributed by atoms with Gasteiger partial charge in [0.05, 0.1) is 13.2 Å². The third-order valence-corrected chi connectivity index (χ3v) is 4.61. The van der Waals surface area contributed by atoms with Gasteiger partial charge in [0, 0.05) is 13.5 Å². The van der Waals surface area contributed by atoms with E-state index in [0.29, 0.717) is 19.8 Å². The van der Waals surface area contributed by atoms with Crippen molar-refractivity contribution in [3.05, 3.63) is 0 Å². The molecule has 0 spiro atoms. The second-order valence-electron chi connectivity index (χ2n) is 5.55. The lowest BCUT2D eigenvalue weighted by molar-refractivity contribution is -0.331. The van der Waals surface area contributed by atoms with Gasteiger partial charge in [-0.25, -0.2) is 0 Å². The van der Waals surface area contributed by atoms with Crippen LogP contribution in [0.1, 0.15) is 73.1 Å². The van der Waals surface area contributed by atoms with E-state index in [0.717, 1.165) is 38.5 Å². The van der Waals surface area contributed by atoms with E-state index in [4.69, 9.17) is 18.7 Å². The molecule has 2 atom stereocenters. The van der Waals surface area contributed by atoms with Crippen molar-refractivity contribution in [3.63, 3.8) is 0 Å². The first-order chi connectivity index (χ1) is 10.5. The van der Waals surface area contributed by atoms with Crippen molar-refractivity contribution in [2.75, 3.05) is 19.8 Å². The summed E-state index contributed by atoms with van der Waals surface area (Å²) in [4.78, 5) is 0. The molecule has 0 aliphatic rings. The Hall–Kier alpha value is 0.0700. The second kappa shape index (κ2) is 13.5. The van der Waals surface area contributed by atoms with E-state index < -0.39 is 19.8 Å². The van der Waals surface area contributed by atoms with Gasteiger partial charge < -0.3 is 14.2 Å². The molecule has 0 aromatic rings. The van der Waals surface area contributed by atoms with E-state index in [1.807, 2.05) is 0 Å². The van der Waals surface area contributed by atoms with E-state index in [2.05, 4.69) is 20.8 Å². The van der Waals surface area contributed by atoms with Crippen molar-refractivity contribution in [3.8, 4) is 0 Å². The molecule has 5 nitrogen and oxygen atoms in total. The molecule has 0 rings (SSSR count). The van der Waals surface area contributed by atoms with Gasteiger partial charge in [0.15, 0.2) is 0 Å². The van der Waals surface area contributed by atoms with Crippen LogP contribution >= 0.6 is 8.03 Å². The number of ether oxygens (including phenoxy) is 3. The van der Waals surface area contributed by atoms with Crippen molar-refractivity contribution in [1.82, 2.24) is 0 Å². The van der Waals surface area contributed by atoms with Crippen molar-refractivity contribution >= 4 is 8.03 Å². The van der Waals surface area contributed by atoms with Crippen LogP contribution in [0, 0.1) is 0 Å². The van der Waals surface area contributed by atoms with Crippen LogP contribution in [-0.2, 0) is 23.3 Å². The van der Waals surface area contributed by atoms with Gasteiger partial charge in [-0.3, -0.25) is 9.09 Å². The number of hydrogen-bond donors (Lipinski definition) is 0. The SMILES string of the molecule is CCCCOC(C)[PH](=O)OC(C)(OCCCC)OCCCC. The molecule has 0 N–H and O–H groups in total. The fourth-order valence-electron chi connectivity index (χ4n) is 1.64. The zero-order chi connectivity index (χ0) is 16.8. The van der Waals surface area contributed by atoms with Gasteiger partial charge in [-0.2, -0.15) is 0 Å². The molecule has 134 valence electrons. The first kappa shape index (κ1) is 22.1. The predicted molar refractivity (Wildman–Crippen MR) is 90.5 cm³/mol. The lowest BCUT2D eigenvalue weighted by Crippen LogP contribution is -2.35. The van der Waals surface area contributed by atoms with Crippen molar-refractivity contribution in [2.24, 2.45) is 0 Å². The van der Waals surface area contributed by atoms with Gasteiger partial charge in [-0.15, -0.1) is 0 Å². The van der Waals surface area contributed by atoms with E-state index >= 15 is 0 Å². The highest BCUT2D eigenvalue weighted by molar-refractivity contribution is 7.39. The molecule has 0 amide bonds. The van der Waals surface area contributed by atoms with Crippen LogP contribution in [0.2, 0.25) is 0 Å². The molecule has 0 aliphatic carbocycles. The maximum Gasteiger partial charge on any atom is 0.285 e. The Morgan fingerprint density at radius 3 is 1.82 bits per heavy atom. The highest BCUT2D eigenvalue weighted by Crippen LogP contribution is 2.37. The summed E-state index contributed by atoms with van der Waals surface area (Å²) in [5.41, 5.74) is 0. The summed E-state index contributed by atoms with van der Waals surface area (Å²) in [7, 11) is -2.40. The Bertz CT molecular complexity index is 276. The Morgan fingerprint density at radius 1 is 0.909 bits per heavy atom. The van der Waals surface area contributed by atoms with E-state index in [1.165, 1.54) is 0 Å². The number of hydrogen-bond acceptors (Lipinski definition) is 5. The zero-order valence-electron chi connectivity index (χ0n) is 15.0. The summed E-state index contributed by atoms with van der Waals surface area (Å²) in [5, 5.41) is 0. The van der Waals surface area contributed by atoms with E-state index in [-0.39, 0.29) is 0 Å². The van der Waals surface area contributed by atoms with Crippen LogP contribution in [0.25, 0.3) is 0 Å². The molecule has 0 fully saturated rings. The average molecular weight is 338 g/mol. The minimum atomic E-state index is -2.40.